The second-order valence-corrected chi connectivity index (χ2v) is 4.00. The van der Waals surface area contributed by atoms with Gasteiger partial charge >= 0.3 is 11.9 Å². The summed E-state index contributed by atoms with van der Waals surface area (Å²) in [7, 11) is 1.30. The molecule has 0 aliphatic carbocycles. The van der Waals surface area contributed by atoms with Crippen molar-refractivity contribution in [2.24, 2.45) is 0 Å². The smallest absolute Gasteiger partial charge is 0.373 e. The van der Waals surface area contributed by atoms with E-state index < -0.39 is 11.9 Å². The molecule has 0 heterocycles. The highest BCUT2D eigenvalue weighted by molar-refractivity contribution is 5.98. The highest BCUT2D eigenvalue weighted by Crippen LogP contribution is 2.25. The molecule has 5 heteroatoms. The van der Waals surface area contributed by atoms with Gasteiger partial charge in [-0.2, -0.15) is 5.26 Å². The lowest BCUT2D eigenvalue weighted by atomic mass is 9.98. The fourth-order valence-corrected chi connectivity index (χ4v) is 1.89. The third-order valence-electron chi connectivity index (χ3n) is 2.82. The number of hydrogen-bond acceptors (Lipinski definition) is 5. The number of benzene rings is 2. The standard InChI is InChI=1S/C15H12O5/c1-19-14(16)11-6-4-5-10(9-11)12-7-2-3-8-13(12)15(17)20-18/h2-9,18H,1H3. The Morgan fingerprint density at radius 2 is 1.75 bits per heavy atom. The van der Waals surface area contributed by atoms with Crippen LogP contribution in [0.3, 0.4) is 0 Å². The summed E-state index contributed by atoms with van der Waals surface area (Å²) in [6.45, 7) is 0. The van der Waals surface area contributed by atoms with Gasteiger partial charge in [-0.25, -0.2) is 9.59 Å². The zero-order valence-corrected chi connectivity index (χ0v) is 10.7. The molecule has 0 amide bonds. The molecule has 0 aliphatic heterocycles. The SMILES string of the molecule is COC(=O)c1cccc(-c2ccccc2C(=O)OO)c1. The van der Waals surface area contributed by atoms with E-state index in [0.29, 0.717) is 16.7 Å². The van der Waals surface area contributed by atoms with E-state index in [2.05, 4.69) is 9.62 Å². The van der Waals surface area contributed by atoms with E-state index in [1.165, 1.54) is 13.2 Å². The fourth-order valence-electron chi connectivity index (χ4n) is 1.89. The van der Waals surface area contributed by atoms with Crippen LogP contribution in [0.2, 0.25) is 0 Å². The number of ether oxygens (including phenoxy) is 1. The van der Waals surface area contributed by atoms with Crippen molar-refractivity contribution in [1.29, 1.82) is 0 Å². The lowest BCUT2D eigenvalue weighted by Gasteiger charge is -2.08. The minimum atomic E-state index is -0.857. The zero-order valence-electron chi connectivity index (χ0n) is 10.7. The van der Waals surface area contributed by atoms with E-state index in [9.17, 15) is 9.59 Å². The molecule has 5 nitrogen and oxygen atoms in total. The maximum Gasteiger partial charge on any atom is 0.373 e. The second kappa shape index (κ2) is 5.99. The molecule has 2 aromatic carbocycles. The summed E-state index contributed by atoms with van der Waals surface area (Å²) in [6, 6.07) is 13.3. The molecule has 0 bridgehead atoms. The number of rotatable bonds is 3. The Morgan fingerprint density at radius 3 is 2.45 bits per heavy atom. The van der Waals surface area contributed by atoms with Gasteiger partial charge < -0.3 is 4.74 Å². The summed E-state index contributed by atoms with van der Waals surface area (Å²) in [5.74, 6) is -1.32. The number of hydrogen-bond donors (Lipinski definition) is 1. The van der Waals surface area contributed by atoms with E-state index in [4.69, 9.17) is 5.26 Å². The maximum absolute atomic E-state index is 11.5. The lowest BCUT2D eigenvalue weighted by Crippen LogP contribution is -2.04. The van der Waals surface area contributed by atoms with Gasteiger partial charge in [-0.15, -0.1) is 0 Å². The van der Waals surface area contributed by atoms with Gasteiger partial charge in [-0.05, 0) is 29.3 Å². The van der Waals surface area contributed by atoms with E-state index in [0.717, 1.165) is 0 Å². The van der Waals surface area contributed by atoms with Crippen LogP contribution in [0.5, 0.6) is 0 Å². The summed E-state index contributed by atoms with van der Waals surface area (Å²) in [5, 5.41) is 8.52. The molecule has 102 valence electrons. The van der Waals surface area contributed by atoms with Crippen molar-refractivity contribution in [2.45, 2.75) is 0 Å². The highest BCUT2D eigenvalue weighted by Gasteiger charge is 2.15. The van der Waals surface area contributed by atoms with Crippen molar-refractivity contribution < 1.29 is 24.5 Å². The Morgan fingerprint density at radius 1 is 1.00 bits per heavy atom. The maximum atomic E-state index is 11.5. The van der Waals surface area contributed by atoms with Crippen LogP contribution in [-0.4, -0.2) is 24.3 Å². The lowest BCUT2D eigenvalue weighted by molar-refractivity contribution is -0.182. The summed E-state index contributed by atoms with van der Waals surface area (Å²) in [4.78, 5) is 26.8. The van der Waals surface area contributed by atoms with Crippen molar-refractivity contribution in [3.63, 3.8) is 0 Å². The summed E-state index contributed by atoms with van der Waals surface area (Å²) in [5.41, 5.74) is 1.78. The Labute approximate surface area is 115 Å². The predicted molar refractivity (Wildman–Crippen MR) is 71.3 cm³/mol. The normalized spacial score (nSPS) is 9.90. The molecule has 2 rings (SSSR count). The van der Waals surface area contributed by atoms with Crippen LogP contribution in [0, 0.1) is 0 Å². The molecule has 1 N–H and O–H groups in total. The molecule has 0 fully saturated rings. The molecule has 0 saturated carbocycles. The van der Waals surface area contributed by atoms with Gasteiger partial charge in [-0.1, -0.05) is 30.3 Å². The Hall–Kier alpha value is -2.66. The van der Waals surface area contributed by atoms with Gasteiger partial charge in [0.15, 0.2) is 0 Å². The second-order valence-electron chi connectivity index (χ2n) is 4.00. The topological polar surface area (TPSA) is 72.8 Å². The van der Waals surface area contributed by atoms with Gasteiger partial charge in [0.25, 0.3) is 0 Å². The van der Waals surface area contributed by atoms with Gasteiger partial charge in [0.1, 0.15) is 0 Å². The molecular weight excluding hydrogens is 260 g/mol. The fraction of sp³-hybridized carbons (Fsp3) is 0.0667. The molecule has 2 aromatic rings. The summed E-state index contributed by atoms with van der Waals surface area (Å²) >= 11 is 0. The van der Waals surface area contributed by atoms with Crippen molar-refractivity contribution in [1.82, 2.24) is 0 Å². The van der Waals surface area contributed by atoms with Gasteiger partial charge in [0, 0.05) is 0 Å². The molecule has 20 heavy (non-hydrogen) atoms. The van der Waals surface area contributed by atoms with Crippen LogP contribution in [-0.2, 0) is 9.62 Å². The average molecular weight is 272 g/mol. The zero-order chi connectivity index (χ0) is 14.5. The molecular formula is C15H12O5. The third-order valence-corrected chi connectivity index (χ3v) is 2.82. The molecule has 0 saturated heterocycles. The number of esters is 1. The van der Waals surface area contributed by atoms with Gasteiger partial charge in [-0.3, -0.25) is 4.89 Å². The minimum absolute atomic E-state index is 0.206. The largest absolute Gasteiger partial charge is 0.465 e. The first-order chi connectivity index (χ1) is 9.67. The summed E-state index contributed by atoms with van der Waals surface area (Å²) in [6.07, 6.45) is 0. The molecule has 0 radical (unpaired) electrons. The molecule has 0 aliphatic rings. The number of methoxy groups -OCH3 is 1. The van der Waals surface area contributed by atoms with Crippen LogP contribution in [0.1, 0.15) is 20.7 Å². The Balaban J connectivity index is 2.52. The third kappa shape index (κ3) is 2.67. The van der Waals surface area contributed by atoms with E-state index in [1.807, 2.05) is 0 Å². The van der Waals surface area contributed by atoms with Crippen LogP contribution >= 0.6 is 0 Å². The van der Waals surface area contributed by atoms with E-state index in [-0.39, 0.29) is 5.56 Å². The van der Waals surface area contributed by atoms with E-state index in [1.54, 1.807) is 42.5 Å². The minimum Gasteiger partial charge on any atom is -0.465 e. The first kappa shape index (κ1) is 13.8. The predicted octanol–water partition coefficient (Wildman–Crippen LogP) is 2.77. The van der Waals surface area contributed by atoms with Crippen molar-refractivity contribution >= 4 is 11.9 Å². The van der Waals surface area contributed by atoms with Crippen molar-refractivity contribution in [2.75, 3.05) is 7.11 Å². The highest BCUT2D eigenvalue weighted by atomic mass is 17.1. The molecule has 0 spiro atoms. The van der Waals surface area contributed by atoms with Gasteiger partial charge in [0.05, 0.1) is 18.2 Å². The van der Waals surface area contributed by atoms with Crippen LogP contribution in [0.25, 0.3) is 11.1 Å². The van der Waals surface area contributed by atoms with Crippen LogP contribution < -0.4 is 0 Å². The quantitative estimate of drug-likeness (QED) is 0.528. The number of carbonyl (C=O) groups is 2. The van der Waals surface area contributed by atoms with Crippen molar-refractivity contribution in [3.8, 4) is 11.1 Å². The van der Waals surface area contributed by atoms with Crippen molar-refractivity contribution in [3.05, 3.63) is 59.7 Å². The Bertz CT molecular complexity index is 648. The average Bonchev–Trinajstić information content (AvgIpc) is 2.53. The first-order valence-electron chi connectivity index (χ1n) is 5.81. The summed E-state index contributed by atoms with van der Waals surface area (Å²) < 4.78 is 4.66. The molecule has 0 atom stereocenters. The molecule has 0 aromatic heterocycles. The van der Waals surface area contributed by atoms with Gasteiger partial charge in [0.2, 0.25) is 0 Å². The Kier molecular flexibility index (Phi) is 4.12. The first-order valence-corrected chi connectivity index (χ1v) is 5.81. The van der Waals surface area contributed by atoms with Crippen LogP contribution in [0.15, 0.2) is 48.5 Å². The monoisotopic (exact) mass is 272 g/mol. The number of carbonyl (C=O) groups excluding carboxylic acids is 2. The molecule has 0 unspecified atom stereocenters. The van der Waals surface area contributed by atoms with Crippen LogP contribution in [0.4, 0.5) is 0 Å². The van der Waals surface area contributed by atoms with E-state index >= 15 is 0 Å².